The predicted molar refractivity (Wildman–Crippen MR) is 91.6 cm³/mol. The Labute approximate surface area is 158 Å². The van der Waals surface area contributed by atoms with Crippen molar-refractivity contribution < 1.29 is 32.7 Å². The van der Waals surface area contributed by atoms with Gasteiger partial charge in [0.15, 0.2) is 0 Å². The van der Waals surface area contributed by atoms with Crippen LogP contribution in [0.1, 0.15) is 41.6 Å². The van der Waals surface area contributed by atoms with Gasteiger partial charge in [-0.25, -0.2) is 4.79 Å². The molecule has 2 saturated heterocycles. The van der Waals surface area contributed by atoms with E-state index in [0.717, 1.165) is 31.0 Å². The molecule has 0 aliphatic carbocycles. The molecule has 2 aliphatic heterocycles. The first-order valence-electron chi connectivity index (χ1n) is 8.91. The molecule has 3 atom stereocenters. The molecule has 3 rings (SSSR count). The SMILES string of the molecule is O=C(CNC(=O)c1cccc(C(F)(F)F)c1)NC1C[C@H]2CC[C@@H](C1)N2C(=O)O. The van der Waals surface area contributed by atoms with Gasteiger partial charge in [-0.3, -0.25) is 9.59 Å². The van der Waals surface area contributed by atoms with Gasteiger partial charge in [-0.2, -0.15) is 13.2 Å². The van der Waals surface area contributed by atoms with Gasteiger partial charge in [0.2, 0.25) is 5.91 Å². The number of amides is 3. The van der Waals surface area contributed by atoms with Gasteiger partial charge in [0.25, 0.3) is 5.91 Å². The van der Waals surface area contributed by atoms with Crippen molar-refractivity contribution in [3.8, 4) is 0 Å². The zero-order chi connectivity index (χ0) is 20.5. The molecule has 0 aromatic heterocycles. The van der Waals surface area contributed by atoms with Gasteiger partial charge in [-0.05, 0) is 43.9 Å². The lowest BCUT2D eigenvalue weighted by atomic mass is 9.98. The van der Waals surface area contributed by atoms with Crippen molar-refractivity contribution in [2.75, 3.05) is 6.54 Å². The molecular formula is C18H20F3N3O4. The summed E-state index contributed by atoms with van der Waals surface area (Å²) in [6.45, 7) is -0.371. The molecule has 2 heterocycles. The maximum atomic E-state index is 12.7. The quantitative estimate of drug-likeness (QED) is 0.723. The molecule has 28 heavy (non-hydrogen) atoms. The molecule has 10 heteroatoms. The molecule has 1 aromatic carbocycles. The van der Waals surface area contributed by atoms with Crippen LogP contribution < -0.4 is 10.6 Å². The average Bonchev–Trinajstić information content (AvgIpc) is 2.90. The van der Waals surface area contributed by atoms with Gasteiger partial charge < -0.3 is 20.6 Å². The number of carboxylic acid groups (broad SMARTS) is 1. The van der Waals surface area contributed by atoms with Gasteiger partial charge in [0, 0.05) is 23.7 Å². The average molecular weight is 399 g/mol. The van der Waals surface area contributed by atoms with Crippen molar-refractivity contribution in [2.45, 2.75) is 50.0 Å². The first kappa shape index (κ1) is 20.0. The van der Waals surface area contributed by atoms with E-state index in [-0.39, 0.29) is 30.2 Å². The van der Waals surface area contributed by atoms with Crippen molar-refractivity contribution in [2.24, 2.45) is 0 Å². The number of fused-ring (bicyclic) bond motifs is 2. The fourth-order valence-electron chi connectivity index (χ4n) is 3.99. The van der Waals surface area contributed by atoms with Crippen molar-refractivity contribution >= 4 is 17.9 Å². The molecule has 0 radical (unpaired) electrons. The first-order valence-corrected chi connectivity index (χ1v) is 8.91. The molecule has 3 N–H and O–H groups in total. The van der Waals surface area contributed by atoms with Gasteiger partial charge in [-0.15, -0.1) is 0 Å². The van der Waals surface area contributed by atoms with Crippen LogP contribution in [-0.2, 0) is 11.0 Å². The smallest absolute Gasteiger partial charge is 0.416 e. The largest absolute Gasteiger partial charge is 0.465 e. The summed E-state index contributed by atoms with van der Waals surface area (Å²) in [6.07, 6.45) is -2.97. The number of alkyl halides is 3. The van der Waals surface area contributed by atoms with Crippen LogP contribution in [0.4, 0.5) is 18.0 Å². The molecule has 152 valence electrons. The van der Waals surface area contributed by atoms with Gasteiger partial charge in [-0.1, -0.05) is 6.07 Å². The molecule has 2 fully saturated rings. The normalized spacial score (nSPS) is 24.0. The highest BCUT2D eigenvalue weighted by atomic mass is 19.4. The van der Waals surface area contributed by atoms with Crippen molar-refractivity contribution in [1.82, 2.24) is 15.5 Å². The Hall–Kier alpha value is -2.78. The second-order valence-electron chi connectivity index (χ2n) is 7.07. The van der Waals surface area contributed by atoms with E-state index in [1.807, 2.05) is 0 Å². The minimum atomic E-state index is -4.56. The number of benzene rings is 1. The monoisotopic (exact) mass is 399 g/mol. The predicted octanol–water partition coefficient (Wildman–Crippen LogP) is 2.22. The summed E-state index contributed by atoms with van der Waals surface area (Å²) in [5.74, 6) is -1.24. The van der Waals surface area contributed by atoms with E-state index >= 15 is 0 Å². The van der Waals surface area contributed by atoms with Crippen molar-refractivity contribution in [3.05, 3.63) is 35.4 Å². The topological polar surface area (TPSA) is 98.7 Å². The fourth-order valence-corrected chi connectivity index (χ4v) is 3.99. The number of nitrogens with one attached hydrogen (secondary N) is 2. The molecular weight excluding hydrogens is 379 g/mol. The second kappa shape index (κ2) is 7.69. The van der Waals surface area contributed by atoms with Crippen LogP contribution in [0, 0.1) is 0 Å². The number of nitrogens with zero attached hydrogens (tertiary/aromatic N) is 1. The molecule has 0 spiro atoms. The Morgan fingerprint density at radius 2 is 1.79 bits per heavy atom. The number of hydrogen-bond acceptors (Lipinski definition) is 3. The number of carbonyl (C=O) groups is 3. The van der Waals surface area contributed by atoms with E-state index in [1.54, 1.807) is 0 Å². The van der Waals surface area contributed by atoms with Crippen LogP contribution in [0.3, 0.4) is 0 Å². The number of rotatable bonds is 4. The van der Waals surface area contributed by atoms with Crippen LogP contribution in [0.2, 0.25) is 0 Å². The summed E-state index contributed by atoms with van der Waals surface area (Å²) in [7, 11) is 0. The van der Waals surface area contributed by atoms with Gasteiger partial charge in [0.05, 0.1) is 12.1 Å². The number of halogens is 3. The Bertz CT molecular complexity index is 770. The molecule has 1 unspecified atom stereocenters. The van der Waals surface area contributed by atoms with Gasteiger partial charge >= 0.3 is 12.3 Å². The van der Waals surface area contributed by atoms with E-state index in [2.05, 4.69) is 10.6 Å². The molecule has 3 amide bonds. The fraction of sp³-hybridized carbons (Fsp3) is 0.500. The Kier molecular flexibility index (Phi) is 5.48. The van der Waals surface area contributed by atoms with Crippen LogP contribution in [-0.4, -0.2) is 52.6 Å². The summed E-state index contributed by atoms with van der Waals surface area (Å²) >= 11 is 0. The Balaban J connectivity index is 1.50. The summed E-state index contributed by atoms with van der Waals surface area (Å²) in [6, 6.07) is 3.52. The third kappa shape index (κ3) is 4.37. The van der Waals surface area contributed by atoms with Crippen LogP contribution in [0.25, 0.3) is 0 Å². The summed E-state index contributed by atoms with van der Waals surface area (Å²) in [4.78, 5) is 36.8. The third-order valence-corrected chi connectivity index (χ3v) is 5.18. The second-order valence-corrected chi connectivity index (χ2v) is 7.07. The lowest BCUT2D eigenvalue weighted by molar-refractivity contribution is -0.137. The molecule has 7 nitrogen and oxygen atoms in total. The van der Waals surface area contributed by atoms with Crippen molar-refractivity contribution in [1.29, 1.82) is 0 Å². The van der Waals surface area contributed by atoms with E-state index in [0.29, 0.717) is 12.8 Å². The highest BCUT2D eigenvalue weighted by molar-refractivity contribution is 5.96. The van der Waals surface area contributed by atoms with Crippen LogP contribution in [0.15, 0.2) is 24.3 Å². The number of piperidine rings is 1. The van der Waals surface area contributed by atoms with E-state index in [1.165, 1.54) is 11.0 Å². The summed E-state index contributed by atoms with van der Waals surface area (Å²) in [5.41, 5.74) is -1.12. The highest BCUT2D eigenvalue weighted by Gasteiger charge is 2.43. The van der Waals surface area contributed by atoms with E-state index in [4.69, 9.17) is 0 Å². The Morgan fingerprint density at radius 3 is 2.36 bits per heavy atom. The molecule has 1 aromatic rings. The lowest BCUT2D eigenvalue weighted by Crippen LogP contribution is -2.53. The van der Waals surface area contributed by atoms with E-state index in [9.17, 15) is 32.7 Å². The zero-order valence-corrected chi connectivity index (χ0v) is 14.8. The van der Waals surface area contributed by atoms with Crippen LogP contribution >= 0.6 is 0 Å². The maximum absolute atomic E-state index is 12.7. The lowest BCUT2D eigenvalue weighted by Gasteiger charge is -2.37. The standard InChI is InChI=1S/C18H20F3N3O4/c19-18(20,21)11-3-1-2-10(6-11)16(26)22-9-15(25)23-12-7-13-4-5-14(8-12)24(13)17(27)28/h1-3,6,12-14H,4-5,7-9H2,(H,22,26)(H,23,25)(H,27,28)/t12?,13-,14+. The van der Waals surface area contributed by atoms with Gasteiger partial charge in [0.1, 0.15) is 0 Å². The minimum absolute atomic E-state index is 0.124. The maximum Gasteiger partial charge on any atom is 0.416 e. The summed E-state index contributed by atoms with van der Waals surface area (Å²) < 4.78 is 38.1. The van der Waals surface area contributed by atoms with E-state index < -0.39 is 29.6 Å². The zero-order valence-electron chi connectivity index (χ0n) is 14.8. The third-order valence-electron chi connectivity index (χ3n) is 5.18. The molecule has 2 aliphatic rings. The summed E-state index contributed by atoms with van der Waals surface area (Å²) in [5, 5.41) is 14.3. The van der Waals surface area contributed by atoms with Crippen molar-refractivity contribution in [3.63, 3.8) is 0 Å². The van der Waals surface area contributed by atoms with Crippen LogP contribution in [0.5, 0.6) is 0 Å². The molecule has 2 bridgehead atoms. The molecule has 0 saturated carbocycles. The first-order chi connectivity index (χ1) is 13.1. The minimum Gasteiger partial charge on any atom is -0.465 e. The highest BCUT2D eigenvalue weighted by Crippen LogP contribution is 2.35. The Morgan fingerprint density at radius 1 is 1.14 bits per heavy atom. The number of hydrogen-bond donors (Lipinski definition) is 3. The number of carbonyl (C=O) groups excluding carboxylic acids is 2.